The number of carbonyl (C=O) groups is 1. The summed E-state index contributed by atoms with van der Waals surface area (Å²) < 4.78 is 39.8. The average Bonchev–Trinajstić information content (AvgIpc) is 2.38. The lowest BCUT2D eigenvalue weighted by Crippen LogP contribution is -3.10. The molecule has 0 spiro atoms. The minimum absolute atomic E-state index is 0.160. The summed E-state index contributed by atoms with van der Waals surface area (Å²) in [6.45, 7) is 2.45. The van der Waals surface area contributed by atoms with E-state index in [1.54, 1.807) is 14.0 Å². The molecular weight excluding hydrogens is 299 g/mol. The molecule has 1 unspecified atom stereocenters. The molecule has 1 aromatic rings. The molecule has 0 aliphatic heterocycles. The Balaban J connectivity index is 2.50. The molecular formula is C14H17F3N3O2+. The maximum Gasteiger partial charge on any atom is 0.573 e. The van der Waals surface area contributed by atoms with Gasteiger partial charge in [0.25, 0.3) is 5.91 Å². The Hall–Kier alpha value is -2.27. The van der Waals surface area contributed by atoms with E-state index in [1.807, 2.05) is 0 Å². The number of quaternary nitrogens is 1. The summed E-state index contributed by atoms with van der Waals surface area (Å²) >= 11 is 0. The van der Waals surface area contributed by atoms with Gasteiger partial charge in [-0.2, -0.15) is 5.26 Å². The number of hydrogen-bond donors (Lipinski definition) is 2. The van der Waals surface area contributed by atoms with E-state index in [0.717, 1.165) is 17.0 Å². The summed E-state index contributed by atoms with van der Waals surface area (Å²) in [4.78, 5) is 12.6. The third-order valence-electron chi connectivity index (χ3n) is 2.71. The molecule has 0 aliphatic rings. The number of ether oxygens (including phenoxy) is 1. The van der Waals surface area contributed by atoms with Crippen molar-refractivity contribution in [1.82, 2.24) is 0 Å². The van der Waals surface area contributed by atoms with Crippen molar-refractivity contribution in [2.24, 2.45) is 5.92 Å². The van der Waals surface area contributed by atoms with E-state index in [1.165, 1.54) is 12.1 Å². The number of carbonyl (C=O) groups excluding carboxylic acids is 1. The fourth-order valence-corrected chi connectivity index (χ4v) is 1.86. The van der Waals surface area contributed by atoms with Gasteiger partial charge in [-0.05, 0) is 31.2 Å². The van der Waals surface area contributed by atoms with E-state index < -0.39 is 6.36 Å². The normalized spacial score (nSPS) is 13.8. The highest BCUT2D eigenvalue weighted by atomic mass is 19.4. The standard InChI is InChI=1S/C14H16F3N3O2/c1-10(7-18)8-20(2)9-13(21)19-11-3-5-12(6-4-11)22-14(15,16)17/h3-6,10H,8-9H2,1-2H3,(H,19,21)/p+1/t10-/m1/s1. The molecule has 8 heteroatoms. The molecule has 2 atom stereocenters. The molecule has 0 aromatic heterocycles. The van der Waals surface area contributed by atoms with Gasteiger partial charge in [-0.1, -0.05) is 0 Å². The van der Waals surface area contributed by atoms with Gasteiger partial charge >= 0.3 is 6.36 Å². The lowest BCUT2D eigenvalue weighted by Gasteiger charge is -2.15. The van der Waals surface area contributed by atoms with Crippen LogP contribution in [0.25, 0.3) is 0 Å². The maximum atomic E-state index is 12.0. The molecule has 0 saturated heterocycles. The van der Waals surface area contributed by atoms with Gasteiger partial charge in [-0.15, -0.1) is 13.2 Å². The molecule has 0 fully saturated rings. The van der Waals surface area contributed by atoms with Crippen LogP contribution in [0.2, 0.25) is 0 Å². The molecule has 5 nitrogen and oxygen atoms in total. The fraction of sp³-hybridized carbons (Fsp3) is 0.429. The first kappa shape index (κ1) is 17.8. The molecule has 22 heavy (non-hydrogen) atoms. The van der Waals surface area contributed by atoms with Gasteiger partial charge in [-0.3, -0.25) is 4.79 Å². The molecule has 120 valence electrons. The highest BCUT2D eigenvalue weighted by Crippen LogP contribution is 2.23. The van der Waals surface area contributed by atoms with E-state index in [-0.39, 0.29) is 24.1 Å². The summed E-state index contributed by atoms with van der Waals surface area (Å²) in [6, 6.07) is 6.98. The summed E-state index contributed by atoms with van der Waals surface area (Å²) in [5.74, 6) is -0.796. The highest BCUT2D eigenvalue weighted by molar-refractivity contribution is 5.91. The SMILES string of the molecule is C[C@H](C#N)C[NH+](C)CC(=O)Nc1ccc(OC(F)(F)F)cc1. The number of alkyl halides is 3. The summed E-state index contributed by atoms with van der Waals surface area (Å²) in [5.41, 5.74) is 0.376. The van der Waals surface area contributed by atoms with Crippen molar-refractivity contribution in [2.75, 3.05) is 25.5 Å². The Morgan fingerprint density at radius 1 is 1.41 bits per heavy atom. The average molecular weight is 316 g/mol. The minimum Gasteiger partial charge on any atom is -0.406 e. The predicted octanol–water partition coefficient (Wildman–Crippen LogP) is 1.20. The number of amides is 1. The third-order valence-corrected chi connectivity index (χ3v) is 2.71. The monoisotopic (exact) mass is 316 g/mol. The molecule has 1 rings (SSSR count). The zero-order chi connectivity index (χ0) is 16.8. The minimum atomic E-state index is -4.74. The van der Waals surface area contributed by atoms with E-state index >= 15 is 0 Å². The number of rotatable bonds is 6. The molecule has 0 aliphatic carbocycles. The van der Waals surface area contributed by atoms with E-state index in [9.17, 15) is 18.0 Å². The molecule has 0 radical (unpaired) electrons. The van der Waals surface area contributed by atoms with Gasteiger partial charge in [0.05, 0.1) is 25.6 Å². The Bertz CT molecular complexity index is 538. The number of halogens is 3. The zero-order valence-corrected chi connectivity index (χ0v) is 12.2. The van der Waals surface area contributed by atoms with E-state index in [4.69, 9.17) is 5.26 Å². The number of nitrogens with one attached hydrogen (secondary N) is 2. The van der Waals surface area contributed by atoms with Crippen molar-refractivity contribution in [3.05, 3.63) is 24.3 Å². The highest BCUT2D eigenvalue weighted by Gasteiger charge is 2.30. The molecule has 0 bridgehead atoms. The largest absolute Gasteiger partial charge is 0.573 e. The number of anilines is 1. The van der Waals surface area contributed by atoms with Crippen molar-refractivity contribution in [3.63, 3.8) is 0 Å². The molecule has 1 aromatic carbocycles. The van der Waals surface area contributed by atoms with Gasteiger partial charge in [0.1, 0.15) is 5.75 Å². The lowest BCUT2D eigenvalue weighted by molar-refractivity contribution is -0.873. The van der Waals surface area contributed by atoms with E-state index in [0.29, 0.717) is 12.2 Å². The van der Waals surface area contributed by atoms with Gasteiger partial charge in [-0.25, -0.2) is 0 Å². The van der Waals surface area contributed by atoms with Crippen LogP contribution in [0.15, 0.2) is 24.3 Å². The number of nitrogens with zero attached hydrogens (tertiary/aromatic N) is 1. The molecule has 2 N–H and O–H groups in total. The van der Waals surface area contributed by atoms with Crippen LogP contribution in [0.5, 0.6) is 5.75 Å². The van der Waals surface area contributed by atoms with Crippen LogP contribution in [0, 0.1) is 17.2 Å². The number of benzene rings is 1. The third kappa shape index (κ3) is 6.95. The van der Waals surface area contributed by atoms with E-state index in [2.05, 4.69) is 16.1 Å². The van der Waals surface area contributed by atoms with Crippen LogP contribution < -0.4 is 15.0 Å². The van der Waals surface area contributed by atoms with Crippen molar-refractivity contribution in [2.45, 2.75) is 13.3 Å². The first-order valence-electron chi connectivity index (χ1n) is 6.56. The summed E-state index contributed by atoms with van der Waals surface area (Å²) in [5, 5.41) is 11.3. The Morgan fingerprint density at radius 2 is 2.00 bits per heavy atom. The second kappa shape index (κ2) is 7.66. The fourth-order valence-electron chi connectivity index (χ4n) is 1.86. The Labute approximate surface area is 126 Å². The maximum absolute atomic E-state index is 12.0. The number of nitriles is 1. The smallest absolute Gasteiger partial charge is 0.406 e. The van der Waals surface area contributed by atoms with Gasteiger partial charge in [0.15, 0.2) is 6.54 Å². The van der Waals surface area contributed by atoms with Gasteiger partial charge < -0.3 is 15.0 Å². The molecule has 0 heterocycles. The zero-order valence-electron chi connectivity index (χ0n) is 12.2. The van der Waals surface area contributed by atoms with Crippen molar-refractivity contribution in [1.29, 1.82) is 5.26 Å². The Kier molecular flexibility index (Phi) is 6.19. The van der Waals surface area contributed by atoms with Gasteiger partial charge in [0, 0.05) is 5.69 Å². The summed E-state index contributed by atoms with van der Waals surface area (Å²) in [7, 11) is 1.79. The van der Waals surface area contributed by atoms with Crippen LogP contribution in [0.1, 0.15) is 6.92 Å². The first-order chi connectivity index (χ1) is 10.2. The topological polar surface area (TPSA) is 66.6 Å². The quantitative estimate of drug-likeness (QED) is 0.829. The second-order valence-corrected chi connectivity index (χ2v) is 4.99. The van der Waals surface area contributed by atoms with Crippen LogP contribution >= 0.6 is 0 Å². The van der Waals surface area contributed by atoms with Crippen LogP contribution in [-0.2, 0) is 4.79 Å². The Morgan fingerprint density at radius 3 is 2.50 bits per heavy atom. The lowest BCUT2D eigenvalue weighted by atomic mass is 10.2. The summed E-state index contributed by atoms with van der Waals surface area (Å²) in [6.07, 6.45) is -4.74. The molecule has 1 amide bonds. The van der Waals surface area contributed by atoms with Crippen molar-refractivity contribution < 1.29 is 27.6 Å². The number of hydrogen-bond acceptors (Lipinski definition) is 3. The first-order valence-corrected chi connectivity index (χ1v) is 6.56. The van der Waals surface area contributed by atoms with Gasteiger partial charge in [0.2, 0.25) is 0 Å². The van der Waals surface area contributed by atoms with Crippen molar-refractivity contribution in [3.8, 4) is 11.8 Å². The second-order valence-electron chi connectivity index (χ2n) is 4.99. The van der Waals surface area contributed by atoms with Crippen LogP contribution in [0.3, 0.4) is 0 Å². The number of likely N-dealkylation sites (N-methyl/N-ethyl adjacent to an activating group) is 1. The van der Waals surface area contributed by atoms with Crippen LogP contribution in [0.4, 0.5) is 18.9 Å². The molecule has 0 saturated carbocycles. The van der Waals surface area contributed by atoms with Crippen molar-refractivity contribution >= 4 is 11.6 Å². The predicted molar refractivity (Wildman–Crippen MR) is 73.2 cm³/mol. The van der Waals surface area contributed by atoms with Crippen LogP contribution in [-0.4, -0.2) is 32.4 Å².